The number of aromatic amines is 1. The van der Waals surface area contributed by atoms with Crippen molar-refractivity contribution in [2.75, 3.05) is 26.7 Å². The molecule has 2 aliphatic heterocycles. The fourth-order valence-corrected chi connectivity index (χ4v) is 3.61. The molecule has 4 N–H and O–H groups in total. The van der Waals surface area contributed by atoms with Gasteiger partial charge in [0.2, 0.25) is 0 Å². The Morgan fingerprint density at radius 1 is 1.29 bits per heavy atom. The van der Waals surface area contributed by atoms with Gasteiger partial charge in [0.1, 0.15) is 24.9 Å². The van der Waals surface area contributed by atoms with Gasteiger partial charge in [0, 0.05) is 19.0 Å². The summed E-state index contributed by atoms with van der Waals surface area (Å²) in [7, 11) is 2.06. The van der Waals surface area contributed by atoms with E-state index in [-0.39, 0.29) is 0 Å². The second-order valence-corrected chi connectivity index (χ2v) is 6.98. The molecule has 0 bridgehead atoms. The van der Waals surface area contributed by atoms with E-state index in [0.717, 1.165) is 35.0 Å². The van der Waals surface area contributed by atoms with E-state index in [2.05, 4.69) is 12.0 Å². The lowest BCUT2D eigenvalue weighted by Gasteiger charge is -2.29. The van der Waals surface area contributed by atoms with Gasteiger partial charge in [-0.3, -0.25) is 14.3 Å². The number of aromatic nitrogens is 2. The highest BCUT2D eigenvalue weighted by molar-refractivity contribution is 5.05. The lowest BCUT2D eigenvalue weighted by molar-refractivity contribution is -0.911. The van der Waals surface area contributed by atoms with E-state index in [1.54, 1.807) is 0 Å². The first kappa shape index (κ1) is 17.3. The smallest absolute Gasteiger partial charge is 0.330 e. The van der Waals surface area contributed by atoms with Crippen LogP contribution in [0.2, 0.25) is 0 Å². The first-order valence-corrected chi connectivity index (χ1v) is 8.15. The van der Waals surface area contributed by atoms with Gasteiger partial charge in [-0.1, -0.05) is 0 Å². The van der Waals surface area contributed by atoms with Crippen LogP contribution in [-0.2, 0) is 11.3 Å². The molecule has 0 aliphatic carbocycles. The quantitative estimate of drug-likeness (QED) is 0.464. The van der Waals surface area contributed by atoms with Crippen molar-refractivity contribution in [1.29, 1.82) is 0 Å². The highest BCUT2D eigenvalue weighted by Crippen LogP contribution is 2.28. The summed E-state index contributed by atoms with van der Waals surface area (Å²) in [6, 6.07) is 0. The summed E-state index contributed by atoms with van der Waals surface area (Å²) in [6.07, 6.45) is -1.20. The molecular weight excluding hydrogens is 318 g/mol. The van der Waals surface area contributed by atoms with E-state index in [1.807, 2.05) is 0 Å². The molecule has 9 nitrogen and oxygen atoms in total. The molecule has 2 fully saturated rings. The highest BCUT2D eigenvalue weighted by Gasteiger charge is 2.44. The number of quaternary nitrogens is 1. The predicted molar refractivity (Wildman–Crippen MR) is 83.2 cm³/mol. The zero-order valence-corrected chi connectivity index (χ0v) is 13.6. The van der Waals surface area contributed by atoms with E-state index in [1.165, 1.54) is 6.20 Å². The van der Waals surface area contributed by atoms with Crippen LogP contribution in [0.15, 0.2) is 15.8 Å². The minimum absolute atomic E-state index is 0.428. The van der Waals surface area contributed by atoms with Crippen molar-refractivity contribution in [3.05, 3.63) is 32.6 Å². The second-order valence-electron chi connectivity index (χ2n) is 6.98. The van der Waals surface area contributed by atoms with E-state index in [0.29, 0.717) is 12.1 Å². The SMILES string of the molecule is C[N+]1(Cc2cn(C3OC(CO)C(O)C3O)c(=O)[nH]c2=O)CCCC1. The van der Waals surface area contributed by atoms with Gasteiger partial charge < -0.3 is 24.5 Å². The molecule has 0 aromatic carbocycles. The maximum atomic E-state index is 12.1. The molecule has 0 spiro atoms. The fraction of sp³-hybridized carbons (Fsp3) is 0.733. The molecule has 0 amide bonds. The van der Waals surface area contributed by atoms with Gasteiger partial charge in [-0.25, -0.2) is 4.79 Å². The summed E-state index contributed by atoms with van der Waals surface area (Å²) in [6.45, 7) is 1.93. The zero-order valence-electron chi connectivity index (χ0n) is 13.6. The summed E-state index contributed by atoms with van der Waals surface area (Å²) in [5, 5.41) is 29.1. The van der Waals surface area contributed by atoms with Crippen LogP contribution in [0.1, 0.15) is 24.6 Å². The first-order valence-electron chi connectivity index (χ1n) is 8.15. The molecule has 2 saturated heterocycles. The number of aliphatic hydroxyl groups is 3. The third-order valence-electron chi connectivity index (χ3n) is 5.03. The van der Waals surface area contributed by atoms with Gasteiger partial charge in [-0.15, -0.1) is 0 Å². The molecule has 1 aromatic heterocycles. The molecule has 3 rings (SSSR count). The van der Waals surface area contributed by atoms with Crippen molar-refractivity contribution in [1.82, 2.24) is 9.55 Å². The molecule has 2 aliphatic rings. The highest BCUT2D eigenvalue weighted by atomic mass is 16.6. The Balaban J connectivity index is 1.93. The number of rotatable bonds is 4. The van der Waals surface area contributed by atoms with Gasteiger partial charge in [-0.2, -0.15) is 0 Å². The minimum Gasteiger partial charge on any atom is -0.394 e. The Morgan fingerprint density at radius 3 is 2.54 bits per heavy atom. The van der Waals surface area contributed by atoms with Gasteiger partial charge in [0.25, 0.3) is 5.56 Å². The molecule has 9 heteroatoms. The number of nitrogens with zero attached hydrogens (tertiary/aromatic N) is 2. The fourth-order valence-electron chi connectivity index (χ4n) is 3.61. The van der Waals surface area contributed by atoms with E-state index < -0.39 is 42.4 Å². The van der Waals surface area contributed by atoms with Crippen LogP contribution in [-0.4, -0.2) is 74.4 Å². The van der Waals surface area contributed by atoms with Crippen molar-refractivity contribution in [3.8, 4) is 0 Å². The Bertz CT molecular complexity index is 708. The lowest BCUT2D eigenvalue weighted by Crippen LogP contribution is -2.44. The van der Waals surface area contributed by atoms with Crippen LogP contribution in [0.25, 0.3) is 0 Å². The third kappa shape index (κ3) is 3.05. The number of hydrogen-bond donors (Lipinski definition) is 4. The minimum atomic E-state index is -1.37. The Morgan fingerprint density at radius 2 is 1.96 bits per heavy atom. The van der Waals surface area contributed by atoms with E-state index >= 15 is 0 Å². The zero-order chi connectivity index (χ0) is 17.5. The number of aliphatic hydroxyl groups excluding tert-OH is 3. The molecule has 134 valence electrons. The Hall–Kier alpha value is -1.52. The number of likely N-dealkylation sites (tertiary alicyclic amines) is 1. The van der Waals surface area contributed by atoms with Crippen molar-refractivity contribution in [3.63, 3.8) is 0 Å². The number of nitrogens with one attached hydrogen (secondary N) is 1. The monoisotopic (exact) mass is 342 g/mol. The Labute approximate surface area is 138 Å². The van der Waals surface area contributed by atoms with Gasteiger partial charge in [0.05, 0.1) is 32.3 Å². The largest absolute Gasteiger partial charge is 0.394 e. The first-order chi connectivity index (χ1) is 11.3. The molecule has 1 aromatic rings. The number of H-pyrrole nitrogens is 1. The standard InChI is InChI=1S/C15H23N3O6/c1-18(4-2-3-5-18)7-9-6-17(15(23)16-13(9)22)14-12(21)11(20)10(8-19)24-14/h6,10-12,14,19-21H,2-5,7-8H2,1H3/p+1. The predicted octanol–water partition coefficient (Wildman–Crippen LogP) is -2.11. The normalized spacial score (nSPS) is 32.3. The van der Waals surface area contributed by atoms with Crippen LogP contribution in [0.5, 0.6) is 0 Å². The van der Waals surface area contributed by atoms with Gasteiger partial charge >= 0.3 is 5.69 Å². The topological polar surface area (TPSA) is 125 Å². The third-order valence-corrected chi connectivity index (χ3v) is 5.03. The second kappa shape index (κ2) is 6.41. The van der Waals surface area contributed by atoms with Gasteiger partial charge in [0.15, 0.2) is 6.23 Å². The average Bonchev–Trinajstić information content (AvgIpc) is 3.08. The summed E-state index contributed by atoms with van der Waals surface area (Å²) in [5.41, 5.74) is -0.742. The van der Waals surface area contributed by atoms with Crippen LogP contribution >= 0.6 is 0 Å². The summed E-state index contributed by atoms with van der Waals surface area (Å²) in [4.78, 5) is 26.5. The maximum absolute atomic E-state index is 12.1. The molecule has 4 unspecified atom stereocenters. The molecular formula is C15H24N3O6+. The molecule has 0 saturated carbocycles. The van der Waals surface area contributed by atoms with Crippen LogP contribution < -0.4 is 11.2 Å². The van der Waals surface area contributed by atoms with Crippen molar-refractivity contribution < 1.29 is 24.5 Å². The molecule has 4 atom stereocenters. The van der Waals surface area contributed by atoms with Crippen molar-refractivity contribution in [2.45, 2.75) is 43.9 Å². The summed E-state index contributed by atoms with van der Waals surface area (Å²) < 4.78 is 7.18. The van der Waals surface area contributed by atoms with E-state index in [9.17, 15) is 19.8 Å². The van der Waals surface area contributed by atoms with Crippen LogP contribution in [0, 0.1) is 0 Å². The summed E-state index contributed by atoms with van der Waals surface area (Å²) in [5.74, 6) is 0. The lowest BCUT2D eigenvalue weighted by atomic mass is 10.1. The Kier molecular flexibility index (Phi) is 4.63. The number of hydrogen-bond acceptors (Lipinski definition) is 6. The summed E-state index contributed by atoms with van der Waals surface area (Å²) >= 11 is 0. The number of ether oxygens (including phenoxy) is 1. The molecule has 0 radical (unpaired) electrons. The van der Waals surface area contributed by atoms with Gasteiger partial charge in [-0.05, 0) is 0 Å². The molecule has 24 heavy (non-hydrogen) atoms. The van der Waals surface area contributed by atoms with Crippen molar-refractivity contribution >= 4 is 0 Å². The maximum Gasteiger partial charge on any atom is 0.330 e. The van der Waals surface area contributed by atoms with Crippen LogP contribution in [0.3, 0.4) is 0 Å². The molecule has 3 heterocycles. The van der Waals surface area contributed by atoms with Crippen LogP contribution in [0.4, 0.5) is 0 Å². The van der Waals surface area contributed by atoms with Crippen molar-refractivity contribution in [2.24, 2.45) is 0 Å². The average molecular weight is 342 g/mol. The van der Waals surface area contributed by atoms with E-state index in [4.69, 9.17) is 9.84 Å².